The maximum absolute atomic E-state index is 13.7. The number of carbonyl (C=O) groups is 5. The summed E-state index contributed by atoms with van der Waals surface area (Å²) in [7, 11) is -0.333. The van der Waals surface area contributed by atoms with Crippen LogP contribution in [0.15, 0.2) is 54.6 Å². The maximum Gasteiger partial charge on any atom is 0.361 e. The van der Waals surface area contributed by atoms with Crippen molar-refractivity contribution in [2.24, 2.45) is 5.92 Å². The van der Waals surface area contributed by atoms with Crippen molar-refractivity contribution in [1.82, 2.24) is 15.3 Å². The summed E-state index contributed by atoms with van der Waals surface area (Å²) < 4.78 is 30.8. The number of esters is 1. The minimum atomic E-state index is -3.66. The zero-order valence-electron chi connectivity index (χ0n) is 25.8. The van der Waals surface area contributed by atoms with Crippen LogP contribution in [0.2, 0.25) is 0 Å². The highest BCUT2D eigenvalue weighted by Gasteiger charge is 2.52. The molecule has 46 heavy (non-hydrogen) atoms. The molecule has 5 atom stereocenters. The zero-order valence-corrected chi connectivity index (χ0v) is 26.7. The smallest absolute Gasteiger partial charge is 0.361 e. The Morgan fingerprint density at radius 2 is 1.61 bits per heavy atom. The van der Waals surface area contributed by atoms with E-state index in [1.807, 2.05) is 13.1 Å². The van der Waals surface area contributed by atoms with Crippen molar-refractivity contribution < 1.29 is 47.2 Å². The number of piperidine rings is 1. The quantitative estimate of drug-likeness (QED) is 0.138. The first-order valence-electron chi connectivity index (χ1n) is 15.4. The summed E-state index contributed by atoms with van der Waals surface area (Å²) in [5, 5.41) is 3.53. The predicted molar refractivity (Wildman–Crippen MR) is 164 cm³/mol. The number of ether oxygens (including phenoxy) is 1. The van der Waals surface area contributed by atoms with Crippen LogP contribution in [0.5, 0.6) is 0 Å². The number of imide groups is 1. The third-order valence-corrected chi connectivity index (χ3v) is 10.7. The van der Waals surface area contributed by atoms with E-state index in [1.54, 1.807) is 36.4 Å². The van der Waals surface area contributed by atoms with Crippen molar-refractivity contribution >= 4 is 42.6 Å². The SMILES string of the molecule is COP(=O)(OC1CC2CCC([C@H]1C(=O)OCCCCNC(=O)CCC(=O)ON1C(=O)c3ccccc3C1=O)N2C)c1ccccc1. The van der Waals surface area contributed by atoms with Gasteiger partial charge in [0.05, 0.1) is 41.5 Å². The lowest BCUT2D eigenvalue weighted by atomic mass is 9.88. The molecule has 0 aromatic heterocycles. The van der Waals surface area contributed by atoms with Gasteiger partial charge in [-0.1, -0.05) is 35.4 Å². The second-order valence-electron chi connectivity index (χ2n) is 11.5. The molecule has 3 heterocycles. The van der Waals surface area contributed by atoms with Gasteiger partial charge in [-0.25, -0.2) is 4.79 Å². The van der Waals surface area contributed by atoms with Crippen molar-refractivity contribution in [3.8, 4) is 0 Å². The molecule has 0 saturated carbocycles. The summed E-state index contributed by atoms with van der Waals surface area (Å²) in [6.45, 7) is 0.422. The number of nitrogens with zero attached hydrogens (tertiary/aromatic N) is 2. The number of amides is 3. The molecule has 2 bridgehead atoms. The van der Waals surface area contributed by atoms with Crippen LogP contribution in [0.25, 0.3) is 0 Å². The Labute approximate surface area is 267 Å². The Kier molecular flexibility index (Phi) is 10.7. The van der Waals surface area contributed by atoms with E-state index in [2.05, 4.69) is 10.2 Å². The summed E-state index contributed by atoms with van der Waals surface area (Å²) in [6.07, 6.45) is 2.11. The summed E-state index contributed by atoms with van der Waals surface area (Å²) in [6, 6.07) is 14.9. The molecular weight excluding hydrogens is 617 g/mol. The molecule has 2 fully saturated rings. The van der Waals surface area contributed by atoms with Gasteiger partial charge in [0.2, 0.25) is 5.91 Å². The molecule has 14 heteroatoms. The Hall–Kier alpha value is -3.90. The number of nitrogens with one attached hydrogen (secondary N) is 1. The van der Waals surface area contributed by atoms with Crippen LogP contribution in [0.1, 0.15) is 65.7 Å². The second kappa shape index (κ2) is 14.7. The highest BCUT2D eigenvalue weighted by Crippen LogP contribution is 2.52. The molecule has 2 aromatic rings. The van der Waals surface area contributed by atoms with E-state index in [0.29, 0.717) is 36.2 Å². The van der Waals surface area contributed by atoms with E-state index in [1.165, 1.54) is 19.2 Å². The Balaban J connectivity index is 1.03. The molecule has 2 saturated heterocycles. The lowest BCUT2D eigenvalue weighted by Gasteiger charge is -2.42. The van der Waals surface area contributed by atoms with Crippen molar-refractivity contribution in [1.29, 1.82) is 0 Å². The van der Waals surface area contributed by atoms with Gasteiger partial charge < -0.3 is 23.9 Å². The lowest BCUT2D eigenvalue weighted by molar-refractivity contribution is -0.169. The molecule has 0 aliphatic carbocycles. The molecule has 246 valence electrons. The van der Waals surface area contributed by atoms with E-state index in [-0.39, 0.29) is 42.7 Å². The molecule has 1 N–H and O–H groups in total. The van der Waals surface area contributed by atoms with Crippen LogP contribution in [-0.2, 0) is 37.6 Å². The minimum Gasteiger partial charge on any atom is -0.465 e. The molecule has 0 spiro atoms. The molecular formula is C32H38N3O10P. The van der Waals surface area contributed by atoms with Gasteiger partial charge in [-0.05, 0) is 63.4 Å². The van der Waals surface area contributed by atoms with Crippen LogP contribution in [0.3, 0.4) is 0 Å². The molecule has 0 radical (unpaired) electrons. The van der Waals surface area contributed by atoms with E-state index < -0.39 is 49.3 Å². The molecule has 5 rings (SSSR count). The molecule has 4 unspecified atom stereocenters. The van der Waals surface area contributed by atoms with Gasteiger partial charge in [-0.3, -0.25) is 28.6 Å². The maximum atomic E-state index is 13.7. The highest BCUT2D eigenvalue weighted by molar-refractivity contribution is 7.62. The van der Waals surface area contributed by atoms with E-state index in [9.17, 15) is 28.5 Å². The van der Waals surface area contributed by atoms with Gasteiger partial charge in [-0.2, -0.15) is 0 Å². The Bertz CT molecular complexity index is 1480. The largest absolute Gasteiger partial charge is 0.465 e. The fraction of sp³-hybridized carbons (Fsp3) is 0.469. The van der Waals surface area contributed by atoms with Crippen LogP contribution in [-0.4, -0.2) is 85.1 Å². The zero-order chi connectivity index (χ0) is 32.8. The molecule has 3 aliphatic rings. The average Bonchev–Trinajstić information content (AvgIpc) is 3.44. The highest BCUT2D eigenvalue weighted by atomic mass is 31.2. The topological polar surface area (TPSA) is 158 Å². The third-order valence-electron chi connectivity index (χ3n) is 8.72. The summed E-state index contributed by atoms with van der Waals surface area (Å²) in [5.74, 6) is -3.79. The van der Waals surface area contributed by atoms with Crippen LogP contribution >= 0.6 is 7.60 Å². The lowest BCUT2D eigenvalue weighted by Crippen LogP contribution is -2.53. The van der Waals surface area contributed by atoms with Crippen molar-refractivity contribution in [2.45, 2.75) is 63.1 Å². The summed E-state index contributed by atoms with van der Waals surface area (Å²) >= 11 is 0. The van der Waals surface area contributed by atoms with Gasteiger partial charge in [0.25, 0.3) is 11.8 Å². The number of hydrogen-bond acceptors (Lipinski definition) is 11. The van der Waals surface area contributed by atoms with Gasteiger partial charge in [0, 0.05) is 32.2 Å². The minimum absolute atomic E-state index is 0.0969. The fourth-order valence-corrected chi connectivity index (χ4v) is 7.79. The third kappa shape index (κ3) is 7.23. The molecule has 3 aliphatic heterocycles. The standard InChI is InChI=1S/C32H38N3O10P/c1-34-21-14-15-25(34)29(26(20-21)45-46(41,42-2)22-10-4-3-5-11-22)32(40)43-19-9-8-18-33-27(36)16-17-28(37)44-35-30(38)23-12-6-7-13-24(23)31(35)39/h3-7,10-13,21,25-26,29H,8-9,14-20H2,1-2H3,(H,33,36)/t21?,25?,26?,29-,46?/m1/s1. The average molecular weight is 656 g/mol. The van der Waals surface area contributed by atoms with Gasteiger partial charge in [-0.15, -0.1) is 0 Å². The normalized spacial score (nSPS) is 23.5. The first kappa shape index (κ1) is 33.5. The number of hydrogen-bond donors (Lipinski definition) is 1. The van der Waals surface area contributed by atoms with Crippen molar-refractivity contribution in [3.05, 3.63) is 65.7 Å². The molecule has 13 nitrogen and oxygen atoms in total. The molecule has 2 aromatic carbocycles. The predicted octanol–water partition coefficient (Wildman–Crippen LogP) is 2.99. The van der Waals surface area contributed by atoms with E-state index in [4.69, 9.17) is 18.6 Å². The first-order valence-corrected chi connectivity index (χ1v) is 16.9. The number of rotatable bonds is 14. The van der Waals surface area contributed by atoms with Gasteiger partial charge in [0.15, 0.2) is 0 Å². The Morgan fingerprint density at radius 3 is 2.28 bits per heavy atom. The number of fused-ring (bicyclic) bond motifs is 3. The monoisotopic (exact) mass is 655 g/mol. The van der Waals surface area contributed by atoms with Gasteiger partial charge in [0.1, 0.15) is 0 Å². The van der Waals surface area contributed by atoms with Gasteiger partial charge >= 0.3 is 19.5 Å². The Morgan fingerprint density at radius 1 is 0.935 bits per heavy atom. The molecule has 3 amide bonds. The second-order valence-corrected chi connectivity index (χ2v) is 13.6. The van der Waals surface area contributed by atoms with E-state index in [0.717, 1.165) is 12.8 Å². The summed E-state index contributed by atoms with van der Waals surface area (Å²) in [4.78, 5) is 69.5. The fourth-order valence-electron chi connectivity index (χ4n) is 6.26. The van der Waals surface area contributed by atoms with Crippen molar-refractivity contribution in [2.75, 3.05) is 27.3 Å². The van der Waals surface area contributed by atoms with Crippen LogP contribution in [0, 0.1) is 5.92 Å². The number of benzene rings is 2. The number of unbranched alkanes of at least 4 members (excludes halogenated alkanes) is 1. The van der Waals surface area contributed by atoms with Crippen molar-refractivity contribution in [3.63, 3.8) is 0 Å². The number of carbonyl (C=O) groups excluding carboxylic acids is 5. The first-order chi connectivity index (χ1) is 22.1. The number of hydroxylamine groups is 2. The van der Waals surface area contributed by atoms with Crippen LogP contribution < -0.4 is 10.6 Å². The van der Waals surface area contributed by atoms with E-state index >= 15 is 0 Å². The summed E-state index contributed by atoms with van der Waals surface area (Å²) in [5.41, 5.74) is 0.296. The van der Waals surface area contributed by atoms with Crippen LogP contribution in [0.4, 0.5) is 0 Å².